The van der Waals surface area contributed by atoms with Gasteiger partial charge in [0.15, 0.2) is 0 Å². The lowest BCUT2D eigenvalue weighted by molar-refractivity contribution is -0.136. The molecule has 0 aliphatic rings. The van der Waals surface area contributed by atoms with Crippen LogP contribution in [0.2, 0.25) is 0 Å². The van der Waals surface area contributed by atoms with Gasteiger partial charge in [0.1, 0.15) is 0 Å². The van der Waals surface area contributed by atoms with E-state index < -0.39 is 11.8 Å². The first-order chi connectivity index (χ1) is 13.5. The van der Waals surface area contributed by atoms with Gasteiger partial charge < -0.3 is 9.88 Å². The Morgan fingerprint density at radius 1 is 1.00 bits per heavy atom. The van der Waals surface area contributed by atoms with Gasteiger partial charge in [0.05, 0.1) is 6.21 Å². The van der Waals surface area contributed by atoms with E-state index in [1.165, 1.54) is 6.21 Å². The molecule has 2 aromatic carbocycles. The quantitative estimate of drug-likeness (QED) is 0.367. The molecule has 0 aliphatic heterocycles. The van der Waals surface area contributed by atoms with Crippen LogP contribution in [0, 0.1) is 13.8 Å². The van der Waals surface area contributed by atoms with E-state index in [0.717, 1.165) is 27.1 Å². The summed E-state index contributed by atoms with van der Waals surface area (Å²) in [6.07, 6.45) is 1.53. The maximum atomic E-state index is 11.9. The van der Waals surface area contributed by atoms with Gasteiger partial charge in [0.2, 0.25) is 0 Å². The minimum Gasteiger partial charge on any atom is -0.318 e. The van der Waals surface area contributed by atoms with E-state index in [0.29, 0.717) is 5.69 Å². The number of nitrogens with one attached hydrogen (secondary N) is 2. The van der Waals surface area contributed by atoms with E-state index in [1.54, 1.807) is 24.3 Å². The normalized spacial score (nSPS) is 10.8. The van der Waals surface area contributed by atoms with Gasteiger partial charge in [0, 0.05) is 32.8 Å². The van der Waals surface area contributed by atoms with E-state index >= 15 is 0 Å². The smallest absolute Gasteiger partial charge is 0.318 e. The number of benzene rings is 2. The molecule has 0 atom stereocenters. The number of hydrogen-bond donors (Lipinski definition) is 2. The molecule has 28 heavy (non-hydrogen) atoms. The number of aryl methyl sites for hydroxylation is 1. The summed E-state index contributed by atoms with van der Waals surface area (Å²) in [7, 11) is 0. The Morgan fingerprint density at radius 2 is 1.75 bits per heavy atom. The molecular weight excluding hydrogens is 420 g/mol. The van der Waals surface area contributed by atoms with Crippen molar-refractivity contribution in [3.8, 4) is 5.69 Å². The van der Waals surface area contributed by atoms with Crippen molar-refractivity contribution in [2.45, 2.75) is 13.8 Å². The molecule has 0 radical (unpaired) electrons. The van der Waals surface area contributed by atoms with Crippen LogP contribution in [0.3, 0.4) is 0 Å². The van der Waals surface area contributed by atoms with E-state index in [9.17, 15) is 9.59 Å². The second kappa shape index (κ2) is 8.67. The van der Waals surface area contributed by atoms with Crippen LogP contribution in [0.4, 0.5) is 5.69 Å². The Labute approximate surface area is 171 Å². The summed E-state index contributed by atoms with van der Waals surface area (Å²) in [6.45, 7) is 3.97. The molecule has 0 saturated carbocycles. The van der Waals surface area contributed by atoms with Gasteiger partial charge in [0.25, 0.3) is 0 Å². The predicted molar refractivity (Wildman–Crippen MR) is 114 cm³/mol. The summed E-state index contributed by atoms with van der Waals surface area (Å²) >= 11 is 3.49. The van der Waals surface area contributed by atoms with Gasteiger partial charge in [-0.25, -0.2) is 5.43 Å². The highest BCUT2D eigenvalue weighted by molar-refractivity contribution is 9.10. The number of carbonyl (C=O) groups is 2. The van der Waals surface area contributed by atoms with Crippen LogP contribution >= 0.6 is 15.9 Å². The molecule has 0 fully saturated rings. The molecule has 3 rings (SSSR count). The fourth-order valence-electron chi connectivity index (χ4n) is 2.85. The highest BCUT2D eigenvalue weighted by Gasteiger charge is 2.13. The van der Waals surface area contributed by atoms with Crippen molar-refractivity contribution in [1.82, 2.24) is 9.99 Å². The predicted octanol–water partition coefficient (Wildman–Crippen LogP) is 3.95. The number of nitrogens with zero attached hydrogens (tertiary/aromatic N) is 2. The number of rotatable bonds is 4. The molecule has 2 amide bonds. The van der Waals surface area contributed by atoms with Crippen molar-refractivity contribution in [3.05, 3.63) is 82.1 Å². The van der Waals surface area contributed by atoms with Crippen molar-refractivity contribution < 1.29 is 9.59 Å². The molecule has 3 aromatic rings. The number of hydrazone groups is 1. The lowest BCUT2D eigenvalue weighted by Gasteiger charge is -2.09. The van der Waals surface area contributed by atoms with E-state index in [1.807, 2.05) is 50.2 Å². The van der Waals surface area contributed by atoms with Crippen molar-refractivity contribution >= 4 is 39.6 Å². The molecule has 2 N–H and O–H groups in total. The molecule has 0 spiro atoms. The Hall–Kier alpha value is -3.19. The van der Waals surface area contributed by atoms with Crippen molar-refractivity contribution in [3.63, 3.8) is 0 Å². The van der Waals surface area contributed by atoms with Gasteiger partial charge in [-0.15, -0.1) is 0 Å². The number of halogens is 1. The average Bonchev–Trinajstić information content (AvgIpc) is 2.96. The van der Waals surface area contributed by atoms with Crippen LogP contribution in [0.1, 0.15) is 17.0 Å². The zero-order valence-corrected chi connectivity index (χ0v) is 17.0. The van der Waals surface area contributed by atoms with Crippen LogP contribution in [-0.4, -0.2) is 22.6 Å². The Balaban J connectivity index is 1.68. The Morgan fingerprint density at radius 3 is 2.46 bits per heavy atom. The topological polar surface area (TPSA) is 75.5 Å². The number of anilines is 1. The van der Waals surface area contributed by atoms with E-state index in [2.05, 4.69) is 36.3 Å². The molecule has 0 aliphatic carbocycles. The van der Waals surface area contributed by atoms with Crippen LogP contribution in [0.15, 0.2) is 70.2 Å². The largest absolute Gasteiger partial charge is 0.329 e. The van der Waals surface area contributed by atoms with E-state index in [-0.39, 0.29) is 0 Å². The van der Waals surface area contributed by atoms with Crippen LogP contribution < -0.4 is 10.7 Å². The molecular formula is C21H19BrN4O2. The summed E-state index contributed by atoms with van der Waals surface area (Å²) < 4.78 is 3.08. The average molecular weight is 439 g/mol. The molecule has 0 unspecified atom stereocenters. The SMILES string of the molecule is Cc1cc(/C=N\NC(=O)C(=O)Nc2ccccc2)c(C)n1-c1cccc(Br)c1. The second-order valence-electron chi connectivity index (χ2n) is 6.16. The second-order valence-corrected chi connectivity index (χ2v) is 7.08. The van der Waals surface area contributed by atoms with Crippen LogP contribution in [0.25, 0.3) is 5.69 Å². The Bertz CT molecular complexity index is 1040. The fraction of sp³-hybridized carbons (Fsp3) is 0.0952. The van der Waals surface area contributed by atoms with Crippen LogP contribution in [-0.2, 0) is 9.59 Å². The monoisotopic (exact) mass is 438 g/mol. The summed E-state index contributed by atoms with van der Waals surface area (Å²) in [6, 6.07) is 18.7. The maximum absolute atomic E-state index is 11.9. The first kappa shape index (κ1) is 19.6. The third kappa shape index (κ3) is 4.55. The van der Waals surface area contributed by atoms with Gasteiger partial charge in [-0.1, -0.05) is 40.2 Å². The highest BCUT2D eigenvalue weighted by atomic mass is 79.9. The molecule has 7 heteroatoms. The summed E-state index contributed by atoms with van der Waals surface area (Å²) in [5.74, 6) is -1.61. The number of amides is 2. The number of hydrogen-bond acceptors (Lipinski definition) is 3. The van der Waals surface area contributed by atoms with Gasteiger partial charge in [-0.3, -0.25) is 9.59 Å². The zero-order valence-electron chi connectivity index (χ0n) is 15.4. The molecule has 142 valence electrons. The third-order valence-corrected chi connectivity index (χ3v) is 4.64. The number of aromatic nitrogens is 1. The molecule has 0 bridgehead atoms. The van der Waals surface area contributed by atoms with Crippen molar-refractivity contribution in [2.24, 2.45) is 5.10 Å². The van der Waals surface area contributed by atoms with Gasteiger partial charge in [-0.2, -0.15) is 5.10 Å². The summed E-state index contributed by atoms with van der Waals surface area (Å²) in [5.41, 5.74) is 6.68. The Kier molecular flexibility index (Phi) is 6.06. The molecule has 1 aromatic heterocycles. The highest BCUT2D eigenvalue weighted by Crippen LogP contribution is 2.22. The number of para-hydroxylation sites is 1. The lowest BCUT2D eigenvalue weighted by atomic mass is 10.2. The lowest BCUT2D eigenvalue weighted by Crippen LogP contribution is -2.32. The summed E-state index contributed by atoms with van der Waals surface area (Å²) in [5, 5.41) is 6.43. The molecule has 6 nitrogen and oxygen atoms in total. The molecule has 0 saturated heterocycles. The molecule has 1 heterocycles. The van der Waals surface area contributed by atoms with Gasteiger partial charge in [-0.05, 0) is 50.2 Å². The minimum atomic E-state index is -0.832. The number of carbonyl (C=O) groups excluding carboxylic acids is 2. The standard InChI is InChI=1S/C21H19BrN4O2/c1-14-11-16(15(2)26(14)19-10-6-7-17(22)12-19)13-23-25-21(28)20(27)24-18-8-4-3-5-9-18/h3-13H,1-2H3,(H,24,27)(H,25,28)/b23-13-. The maximum Gasteiger partial charge on any atom is 0.329 e. The van der Waals surface area contributed by atoms with E-state index in [4.69, 9.17) is 0 Å². The first-order valence-corrected chi connectivity index (χ1v) is 9.39. The fourth-order valence-corrected chi connectivity index (χ4v) is 3.24. The van der Waals surface area contributed by atoms with Crippen LogP contribution in [0.5, 0.6) is 0 Å². The minimum absolute atomic E-state index is 0.546. The third-order valence-electron chi connectivity index (χ3n) is 4.14. The summed E-state index contributed by atoms with van der Waals surface area (Å²) in [4.78, 5) is 23.8. The van der Waals surface area contributed by atoms with Gasteiger partial charge >= 0.3 is 11.8 Å². The first-order valence-electron chi connectivity index (χ1n) is 8.60. The van der Waals surface area contributed by atoms with Crippen molar-refractivity contribution in [2.75, 3.05) is 5.32 Å². The van der Waals surface area contributed by atoms with Crippen molar-refractivity contribution in [1.29, 1.82) is 0 Å². The zero-order chi connectivity index (χ0) is 20.1.